The molecule has 8 N–H and O–H groups in total. The molecule has 24 nitrogen and oxygen atoms in total. The molecule has 4 amide bonds. The van der Waals surface area contributed by atoms with Gasteiger partial charge in [0, 0.05) is 64.7 Å². The summed E-state index contributed by atoms with van der Waals surface area (Å²) in [6, 6.07) is 8.60. The molecule has 0 spiro atoms. The minimum atomic E-state index is -0.436. The number of carbonyl (C=O) groups excluding carboxylic acids is 4. The van der Waals surface area contributed by atoms with Crippen LogP contribution in [0.4, 0.5) is 11.4 Å². The van der Waals surface area contributed by atoms with Crippen molar-refractivity contribution < 1.29 is 77.0 Å². The molecule has 2 aromatic carbocycles. The highest BCUT2D eigenvalue weighted by Crippen LogP contribution is 2.33. The molecule has 0 radical (unpaired) electrons. The lowest BCUT2D eigenvalue weighted by molar-refractivity contribution is -0.124. The number of ether oxygens (including phenoxy) is 10. The average molecular weight is 935 g/mol. The lowest BCUT2D eigenvalue weighted by Gasteiger charge is -2.15. The topological polar surface area (TPSA) is 298 Å². The number of amides is 4. The summed E-state index contributed by atoms with van der Waals surface area (Å²) in [6.45, 7) is 4.69. The van der Waals surface area contributed by atoms with E-state index >= 15 is 0 Å². The van der Waals surface area contributed by atoms with Gasteiger partial charge >= 0.3 is 0 Å². The highest BCUT2D eigenvalue weighted by molar-refractivity contribution is 6.40. The number of hydroxylamine groups is 2. The van der Waals surface area contributed by atoms with Gasteiger partial charge in [-0.05, 0) is 49.9 Å². The van der Waals surface area contributed by atoms with Gasteiger partial charge in [0.05, 0.1) is 64.2 Å². The van der Waals surface area contributed by atoms with Crippen molar-refractivity contribution in [2.24, 2.45) is 9.98 Å². The van der Waals surface area contributed by atoms with Crippen LogP contribution in [0.2, 0.25) is 0 Å². The van der Waals surface area contributed by atoms with E-state index < -0.39 is 36.8 Å². The Balaban J connectivity index is 1.51. The third-order valence-corrected chi connectivity index (χ3v) is 8.85. The molecule has 0 saturated heterocycles. The molecule has 24 heteroatoms. The van der Waals surface area contributed by atoms with Crippen LogP contribution < -0.4 is 51.2 Å². The van der Waals surface area contributed by atoms with Crippen LogP contribution in [-0.2, 0) is 47.6 Å². The zero-order valence-corrected chi connectivity index (χ0v) is 36.9. The fourth-order valence-electron chi connectivity index (χ4n) is 5.59. The minimum Gasteiger partial charge on any atom is -0.480 e. The molecule has 2 aliphatic heterocycles. The van der Waals surface area contributed by atoms with Crippen molar-refractivity contribution in [1.29, 1.82) is 0 Å². The van der Waals surface area contributed by atoms with Crippen LogP contribution in [-0.4, -0.2) is 178 Å². The number of carbonyl (C=O) groups is 4. The summed E-state index contributed by atoms with van der Waals surface area (Å²) in [4.78, 5) is 59.2. The van der Waals surface area contributed by atoms with E-state index in [2.05, 4.69) is 31.3 Å². The second-order valence-electron chi connectivity index (χ2n) is 14.0. The summed E-state index contributed by atoms with van der Waals surface area (Å²) in [6.07, 6.45) is 2.24. The number of amidine groups is 2. The molecule has 2 heterocycles. The Labute approximate surface area is 382 Å². The molecular weight excluding hydrogens is 873 g/mol. The SMILES string of the molecule is O=C1COc2ccc(N=C(NO)C(=Nc3ccc4c(c3)OCC(=O)NCCCOCCOCCOCCCNC(=O)CO4)NO)cc2OCC(=O)NCCCOCCOCCOCCCN1. The van der Waals surface area contributed by atoms with Gasteiger partial charge in [-0.1, -0.05) is 0 Å². The van der Waals surface area contributed by atoms with Crippen LogP contribution in [0.15, 0.2) is 46.4 Å². The van der Waals surface area contributed by atoms with E-state index in [0.29, 0.717) is 131 Å². The summed E-state index contributed by atoms with van der Waals surface area (Å²) in [5.74, 6) is -2.16. The zero-order chi connectivity index (χ0) is 46.9. The number of hydrogen-bond donors (Lipinski definition) is 8. The highest BCUT2D eigenvalue weighted by atomic mass is 16.6. The van der Waals surface area contributed by atoms with Crippen molar-refractivity contribution in [3.63, 3.8) is 0 Å². The Morgan fingerprint density at radius 3 is 0.970 bits per heavy atom. The predicted octanol–water partition coefficient (Wildman–Crippen LogP) is 0.0716. The van der Waals surface area contributed by atoms with Gasteiger partial charge in [-0.15, -0.1) is 0 Å². The Morgan fingerprint density at radius 1 is 0.409 bits per heavy atom. The lowest BCUT2D eigenvalue weighted by Crippen LogP contribution is -2.37. The number of fused-ring (bicyclic) bond motifs is 2. The van der Waals surface area contributed by atoms with Gasteiger partial charge in [0.25, 0.3) is 23.6 Å². The van der Waals surface area contributed by atoms with Crippen molar-refractivity contribution >= 4 is 46.7 Å². The Kier molecular flexibility index (Phi) is 26.2. The first kappa shape index (κ1) is 52.8. The maximum atomic E-state index is 12.7. The van der Waals surface area contributed by atoms with Gasteiger partial charge in [-0.25, -0.2) is 20.9 Å². The zero-order valence-electron chi connectivity index (χ0n) is 36.9. The second kappa shape index (κ2) is 32.7. The van der Waals surface area contributed by atoms with Crippen LogP contribution in [0.5, 0.6) is 23.0 Å². The molecular formula is C42H62N8O16. The number of hydrogen-bond acceptors (Lipinski definition) is 18. The number of rotatable bonds is 2. The van der Waals surface area contributed by atoms with E-state index in [-0.39, 0.29) is 59.3 Å². The predicted molar refractivity (Wildman–Crippen MR) is 234 cm³/mol. The summed E-state index contributed by atoms with van der Waals surface area (Å²) in [5, 5.41) is 31.3. The molecule has 2 aromatic rings. The van der Waals surface area contributed by atoms with Crippen LogP contribution in [0.25, 0.3) is 0 Å². The summed E-state index contributed by atoms with van der Waals surface area (Å²) in [7, 11) is 0. The molecule has 0 aliphatic carbocycles. The maximum absolute atomic E-state index is 12.7. The normalized spacial score (nSPS) is 19.4. The Morgan fingerprint density at radius 2 is 0.682 bits per heavy atom. The monoisotopic (exact) mass is 934 g/mol. The molecule has 0 atom stereocenters. The van der Waals surface area contributed by atoms with Gasteiger partial charge in [0.1, 0.15) is 0 Å². The van der Waals surface area contributed by atoms with E-state index in [0.717, 1.165) is 0 Å². The van der Waals surface area contributed by atoms with E-state index in [1.54, 1.807) is 0 Å². The molecule has 66 heavy (non-hydrogen) atoms. The summed E-state index contributed by atoms with van der Waals surface area (Å²) >= 11 is 0. The average Bonchev–Trinajstić information content (AvgIpc) is 3.32. The standard InChI is InChI=1S/C42H62N8O16/c51-37-27-63-33-7-5-31(25-35(33)65-29-39(53)45-11-3-15-59-19-23-61-21-17-57-13-1-9-43-37)47-41(49-55)42(50-56)48-32-6-8-34-36(26-32)66-30-40(54)46-12-4-16-60-20-24-62-22-18-58-14-2-10-44-38(52)28-64-34/h5-8,25-26,55-56H,1-4,9-24,27-30H2,(H,43,51)(H,44,52)(H,45,53)(H,46,54)(H,47,49)(H,48,50). The van der Waals surface area contributed by atoms with Gasteiger partial charge in [-0.2, -0.15) is 0 Å². The van der Waals surface area contributed by atoms with Gasteiger partial charge in [0.2, 0.25) is 0 Å². The molecule has 2 aliphatic rings. The number of nitrogens with zero attached hydrogens (tertiary/aromatic N) is 2. The van der Waals surface area contributed by atoms with Crippen LogP contribution >= 0.6 is 0 Å². The summed E-state index contributed by atoms with van der Waals surface area (Å²) < 4.78 is 56.1. The second-order valence-corrected chi connectivity index (χ2v) is 14.0. The highest BCUT2D eigenvalue weighted by Gasteiger charge is 2.17. The van der Waals surface area contributed by atoms with Crippen molar-refractivity contribution in [3.8, 4) is 23.0 Å². The first-order valence-corrected chi connectivity index (χ1v) is 21.6. The molecule has 366 valence electrons. The number of benzene rings is 2. The van der Waals surface area contributed by atoms with Crippen molar-refractivity contribution in [3.05, 3.63) is 36.4 Å². The minimum absolute atomic E-state index is 0.0325. The molecule has 4 rings (SSSR count). The van der Waals surface area contributed by atoms with Gasteiger partial charge < -0.3 is 68.6 Å². The van der Waals surface area contributed by atoms with Crippen LogP contribution in [0.1, 0.15) is 25.7 Å². The molecule has 0 unspecified atom stereocenters. The summed E-state index contributed by atoms with van der Waals surface area (Å²) in [5.41, 5.74) is 4.05. The van der Waals surface area contributed by atoms with Crippen molar-refractivity contribution in [1.82, 2.24) is 32.2 Å². The van der Waals surface area contributed by atoms with E-state index in [1.165, 1.54) is 36.4 Å². The van der Waals surface area contributed by atoms with Crippen LogP contribution in [0.3, 0.4) is 0 Å². The number of aliphatic imine (C=N–C) groups is 2. The third-order valence-electron chi connectivity index (χ3n) is 8.85. The van der Waals surface area contributed by atoms with Crippen LogP contribution in [0, 0.1) is 0 Å². The molecule has 0 aromatic heterocycles. The first-order valence-electron chi connectivity index (χ1n) is 21.6. The fourth-order valence-corrected chi connectivity index (χ4v) is 5.59. The first-order chi connectivity index (χ1) is 32.3. The van der Waals surface area contributed by atoms with Crippen molar-refractivity contribution in [2.75, 3.05) is 132 Å². The molecule has 0 fully saturated rings. The quantitative estimate of drug-likeness (QED) is 0.112. The smallest absolute Gasteiger partial charge is 0.257 e. The van der Waals surface area contributed by atoms with Gasteiger partial charge in [0.15, 0.2) is 61.1 Å². The van der Waals surface area contributed by atoms with Gasteiger partial charge in [-0.3, -0.25) is 29.6 Å². The number of nitrogens with one attached hydrogen (secondary N) is 6. The molecule has 0 bridgehead atoms. The van der Waals surface area contributed by atoms with E-state index in [9.17, 15) is 29.6 Å². The molecule has 0 saturated carbocycles. The van der Waals surface area contributed by atoms with Crippen molar-refractivity contribution in [2.45, 2.75) is 25.7 Å². The van der Waals surface area contributed by atoms with E-state index in [4.69, 9.17) is 47.4 Å². The van der Waals surface area contributed by atoms with E-state index in [1.807, 2.05) is 11.0 Å². The lowest BCUT2D eigenvalue weighted by atomic mass is 10.2. The largest absolute Gasteiger partial charge is 0.480 e. The third kappa shape index (κ3) is 22.4. The Bertz CT molecular complexity index is 1710. The maximum Gasteiger partial charge on any atom is 0.257 e. The Hall–Kier alpha value is -5.86. The fraction of sp³-hybridized carbons (Fsp3) is 0.571.